The lowest BCUT2D eigenvalue weighted by atomic mass is 10.3. The molecule has 34 heavy (non-hydrogen) atoms. The van der Waals surface area contributed by atoms with E-state index in [-0.39, 0.29) is 0 Å². The van der Waals surface area contributed by atoms with Crippen LogP contribution in [-0.2, 0) is 20.2 Å². The van der Waals surface area contributed by atoms with Gasteiger partial charge in [-0.1, -0.05) is 0 Å². The molecular weight excluding hydrogens is 536 g/mol. The van der Waals surface area contributed by atoms with Crippen molar-refractivity contribution in [2.24, 2.45) is 0 Å². The number of alkyl halides is 6. The standard InChI is InChI=1S/C15H8F8N2O7S2/c16-9-5-7(1-3-11(9)31-33(27,28)14(18,19)20)24-13(26)25-8-2-4-12(10(17)6-8)32-34(29,30)15(21,22)23/h1-6H,(H2,24,25,26). The van der Waals surface area contributed by atoms with Gasteiger partial charge in [-0.3, -0.25) is 0 Å². The highest BCUT2D eigenvalue weighted by Gasteiger charge is 2.49. The Bertz CT molecular complexity index is 1210. The number of carbonyl (C=O) groups is 1. The van der Waals surface area contributed by atoms with Crippen molar-refractivity contribution >= 4 is 37.6 Å². The van der Waals surface area contributed by atoms with Gasteiger partial charge in [-0.2, -0.15) is 43.2 Å². The lowest BCUT2D eigenvalue weighted by Gasteiger charge is -2.12. The number of hydrogen-bond donors (Lipinski definition) is 2. The second-order valence-corrected chi connectivity index (χ2v) is 8.91. The molecule has 0 saturated carbocycles. The summed E-state index contributed by atoms with van der Waals surface area (Å²) in [5.74, 6) is -5.92. The minimum atomic E-state index is -6.16. The summed E-state index contributed by atoms with van der Waals surface area (Å²) in [4.78, 5) is 11.9. The molecule has 0 spiro atoms. The molecule has 0 saturated heterocycles. The lowest BCUT2D eigenvalue weighted by molar-refractivity contribution is -0.0505. The number of benzene rings is 2. The van der Waals surface area contributed by atoms with E-state index in [1.807, 2.05) is 10.6 Å². The molecule has 0 heterocycles. The highest BCUT2D eigenvalue weighted by molar-refractivity contribution is 7.88. The van der Waals surface area contributed by atoms with Crippen LogP contribution < -0.4 is 19.0 Å². The Kier molecular flexibility index (Phi) is 7.22. The maximum Gasteiger partial charge on any atom is 0.534 e. The first kappa shape index (κ1) is 26.9. The molecule has 2 N–H and O–H groups in total. The zero-order valence-electron chi connectivity index (χ0n) is 15.7. The predicted octanol–water partition coefficient (Wildman–Crippen LogP) is 4.07. The van der Waals surface area contributed by atoms with E-state index in [2.05, 4.69) is 8.37 Å². The molecule has 2 aromatic carbocycles. The topological polar surface area (TPSA) is 128 Å². The summed E-state index contributed by atoms with van der Waals surface area (Å²) in [5.41, 5.74) is -12.5. The molecule has 2 aromatic rings. The number of nitrogens with one attached hydrogen (secondary N) is 2. The van der Waals surface area contributed by atoms with Gasteiger partial charge in [-0.15, -0.1) is 0 Å². The van der Waals surface area contributed by atoms with Crippen LogP contribution in [0.3, 0.4) is 0 Å². The molecule has 0 aromatic heterocycles. The van der Waals surface area contributed by atoms with Crippen LogP contribution in [-0.4, -0.2) is 33.9 Å². The summed E-state index contributed by atoms with van der Waals surface area (Å²) in [6.07, 6.45) is 0. The zero-order chi connectivity index (χ0) is 26.1. The summed E-state index contributed by atoms with van der Waals surface area (Å²) in [6, 6.07) is 1.89. The van der Waals surface area contributed by atoms with Crippen LogP contribution >= 0.6 is 0 Å². The van der Waals surface area contributed by atoms with Crippen LogP contribution in [0.5, 0.6) is 11.5 Å². The van der Waals surface area contributed by atoms with Crippen LogP contribution in [0, 0.1) is 11.6 Å². The van der Waals surface area contributed by atoms with Gasteiger partial charge in [0, 0.05) is 23.5 Å². The van der Waals surface area contributed by atoms with Gasteiger partial charge >= 0.3 is 37.3 Å². The first-order valence-corrected chi connectivity index (χ1v) is 10.8. The Hall–Kier alpha value is -3.35. The fraction of sp³-hybridized carbons (Fsp3) is 0.133. The monoisotopic (exact) mass is 544 g/mol. The highest BCUT2D eigenvalue weighted by Crippen LogP contribution is 2.31. The van der Waals surface area contributed by atoms with E-state index in [9.17, 15) is 56.8 Å². The maximum atomic E-state index is 13.8. The van der Waals surface area contributed by atoms with E-state index >= 15 is 0 Å². The van der Waals surface area contributed by atoms with E-state index in [4.69, 9.17) is 0 Å². The molecule has 19 heteroatoms. The van der Waals surface area contributed by atoms with Gasteiger partial charge in [0.1, 0.15) is 0 Å². The Morgan fingerprint density at radius 2 is 1.00 bits per heavy atom. The number of amides is 2. The lowest BCUT2D eigenvalue weighted by Crippen LogP contribution is -2.28. The van der Waals surface area contributed by atoms with Crippen LogP contribution in [0.1, 0.15) is 0 Å². The van der Waals surface area contributed by atoms with E-state index in [0.717, 1.165) is 12.1 Å². The average molecular weight is 544 g/mol. The van der Waals surface area contributed by atoms with Crippen LogP contribution in [0.2, 0.25) is 0 Å². The van der Waals surface area contributed by atoms with Gasteiger partial charge in [-0.25, -0.2) is 13.6 Å². The highest BCUT2D eigenvalue weighted by atomic mass is 32.2. The van der Waals surface area contributed by atoms with Gasteiger partial charge in [0.05, 0.1) is 0 Å². The maximum absolute atomic E-state index is 13.8. The number of hydrogen-bond acceptors (Lipinski definition) is 7. The molecule has 9 nitrogen and oxygen atoms in total. The molecule has 0 aliphatic heterocycles. The fourth-order valence-corrected chi connectivity index (χ4v) is 2.85. The molecule has 2 amide bonds. The fourth-order valence-electron chi connectivity index (χ4n) is 1.92. The summed E-state index contributed by atoms with van der Waals surface area (Å²) < 4.78 is 152. The summed E-state index contributed by atoms with van der Waals surface area (Å²) in [6.45, 7) is 0. The quantitative estimate of drug-likeness (QED) is 0.319. The van der Waals surface area contributed by atoms with E-state index in [1.165, 1.54) is 0 Å². The molecule has 2 rings (SSSR count). The third-order valence-corrected chi connectivity index (χ3v) is 5.28. The normalized spacial score (nSPS) is 12.7. The van der Waals surface area contributed by atoms with Gasteiger partial charge in [0.2, 0.25) is 0 Å². The van der Waals surface area contributed by atoms with E-state index < -0.39 is 71.8 Å². The van der Waals surface area contributed by atoms with Gasteiger partial charge in [-0.05, 0) is 24.3 Å². The first-order valence-electron chi connectivity index (χ1n) is 8.01. The Morgan fingerprint density at radius 1 is 0.676 bits per heavy atom. The number of halogens is 8. The number of carbonyl (C=O) groups excluding carboxylic acids is 1. The SMILES string of the molecule is O=C(Nc1ccc(OS(=O)(=O)C(F)(F)F)c(F)c1)Nc1ccc(OS(=O)(=O)C(F)(F)F)c(F)c1. The molecule has 0 atom stereocenters. The minimum Gasteiger partial charge on any atom is -0.373 e. The molecule has 0 unspecified atom stereocenters. The smallest absolute Gasteiger partial charge is 0.373 e. The van der Waals surface area contributed by atoms with Crippen molar-refractivity contribution in [1.29, 1.82) is 0 Å². The molecule has 0 radical (unpaired) electrons. The van der Waals surface area contributed by atoms with Crippen molar-refractivity contribution in [2.75, 3.05) is 10.6 Å². The average Bonchev–Trinajstić information content (AvgIpc) is 2.64. The molecule has 0 aliphatic rings. The number of rotatable bonds is 6. The number of anilines is 2. The minimum absolute atomic E-state index is 0.375. The van der Waals surface area contributed by atoms with Gasteiger partial charge < -0.3 is 19.0 Å². The summed E-state index contributed by atoms with van der Waals surface area (Å²) in [5, 5.41) is 3.86. The van der Waals surface area contributed by atoms with Crippen LogP contribution in [0.15, 0.2) is 36.4 Å². The Labute approximate surface area is 184 Å². The van der Waals surface area contributed by atoms with Crippen LogP contribution in [0.25, 0.3) is 0 Å². The summed E-state index contributed by atoms with van der Waals surface area (Å²) in [7, 11) is -12.3. The molecule has 0 aliphatic carbocycles. The van der Waals surface area contributed by atoms with E-state index in [1.54, 1.807) is 0 Å². The second-order valence-electron chi connectivity index (χ2n) is 5.84. The van der Waals surface area contributed by atoms with Crippen molar-refractivity contribution in [2.45, 2.75) is 11.0 Å². The molecule has 0 fully saturated rings. The third-order valence-electron chi connectivity index (χ3n) is 3.35. The largest absolute Gasteiger partial charge is 0.534 e. The van der Waals surface area contributed by atoms with Crippen molar-refractivity contribution in [3.05, 3.63) is 48.0 Å². The Morgan fingerprint density at radius 3 is 1.26 bits per heavy atom. The van der Waals surface area contributed by atoms with Crippen LogP contribution in [0.4, 0.5) is 51.3 Å². The second kappa shape index (κ2) is 9.12. The van der Waals surface area contributed by atoms with Crippen molar-refractivity contribution < 1.29 is 65.1 Å². The molecule has 188 valence electrons. The summed E-state index contributed by atoms with van der Waals surface area (Å²) >= 11 is 0. The third kappa shape index (κ3) is 6.37. The Balaban J connectivity index is 2.09. The predicted molar refractivity (Wildman–Crippen MR) is 96.6 cm³/mol. The van der Waals surface area contributed by atoms with Gasteiger partial charge in [0.15, 0.2) is 23.1 Å². The first-order chi connectivity index (χ1) is 15.3. The van der Waals surface area contributed by atoms with Gasteiger partial charge in [0.25, 0.3) is 0 Å². The van der Waals surface area contributed by atoms with Crippen molar-refractivity contribution in [1.82, 2.24) is 0 Å². The molecular formula is C15H8F8N2O7S2. The molecule has 0 bridgehead atoms. The van der Waals surface area contributed by atoms with Crippen molar-refractivity contribution in [3.8, 4) is 11.5 Å². The number of urea groups is 1. The zero-order valence-corrected chi connectivity index (χ0v) is 17.3. The van der Waals surface area contributed by atoms with Crippen molar-refractivity contribution in [3.63, 3.8) is 0 Å². The van der Waals surface area contributed by atoms with E-state index in [0.29, 0.717) is 24.3 Å².